The molecule has 0 aliphatic rings. The Labute approximate surface area is 233 Å². The van der Waals surface area contributed by atoms with Crippen LogP contribution in [-0.2, 0) is 22.4 Å². The van der Waals surface area contributed by atoms with Crippen molar-refractivity contribution in [2.75, 3.05) is 6.61 Å². The number of benzene rings is 2. The van der Waals surface area contributed by atoms with E-state index < -0.39 is 10.8 Å². The van der Waals surface area contributed by atoms with Gasteiger partial charge in [0.2, 0.25) is 0 Å². The molecule has 0 N–H and O–H groups in total. The summed E-state index contributed by atoms with van der Waals surface area (Å²) in [6.45, 7) is 17.3. The number of rotatable bonds is 11. The first-order chi connectivity index (χ1) is 18.2. The van der Waals surface area contributed by atoms with Crippen LogP contribution < -0.4 is 14.2 Å². The second kappa shape index (κ2) is 13.6. The molecule has 2 aromatic rings. The third-order valence-corrected chi connectivity index (χ3v) is 5.92. The van der Waals surface area contributed by atoms with Crippen molar-refractivity contribution in [1.82, 2.24) is 0 Å². The summed E-state index contributed by atoms with van der Waals surface area (Å²) in [5.41, 5.74) is 1.63. The molecule has 39 heavy (non-hydrogen) atoms. The van der Waals surface area contributed by atoms with E-state index in [0.717, 1.165) is 36.8 Å². The molecule has 0 heterocycles. The van der Waals surface area contributed by atoms with Gasteiger partial charge in [-0.25, -0.2) is 0 Å². The van der Waals surface area contributed by atoms with Crippen molar-refractivity contribution in [3.05, 3.63) is 58.7 Å². The standard InChI is InChI=1S/C33H44O6/c1-10-13-23-21-24(14-11-2)29(39-31(36)33(7,8)9)26(28(23)37-12-3)19-20-27(34)22-15-17-25(18-16-22)38-30(35)32(4,5)6/h15-21H,10-14H2,1-9H3/b20-19+. The summed E-state index contributed by atoms with van der Waals surface area (Å²) in [5, 5.41) is 0. The van der Waals surface area contributed by atoms with Crippen LogP contribution in [0.5, 0.6) is 17.2 Å². The first kappa shape index (κ1) is 31.8. The number of hydrogen-bond acceptors (Lipinski definition) is 6. The van der Waals surface area contributed by atoms with E-state index in [9.17, 15) is 14.4 Å². The summed E-state index contributed by atoms with van der Waals surface area (Å²) >= 11 is 0. The second-order valence-corrected chi connectivity index (χ2v) is 11.7. The van der Waals surface area contributed by atoms with Crippen LogP contribution in [0.15, 0.2) is 36.4 Å². The minimum atomic E-state index is -0.702. The average molecular weight is 537 g/mol. The largest absolute Gasteiger partial charge is 0.493 e. The van der Waals surface area contributed by atoms with Gasteiger partial charge in [-0.1, -0.05) is 26.7 Å². The van der Waals surface area contributed by atoms with Crippen LogP contribution in [0.1, 0.15) is 102 Å². The molecule has 2 aromatic carbocycles. The fourth-order valence-electron chi connectivity index (χ4n) is 3.74. The van der Waals surface area contributed by atoms with Crippen molar-refractivity contribution in [2.24, 2.45) is 10.8 Å². The van der Waals surface area contributed by atoms with Crippen molar-refractivity contribution < 1.29 is 28.6 Å². The molecule has 0 bridgehead atoms. The van der Waals surface area contributed by atoms with Gasteiger partial charge in [0.25, 0.3) is 0 Å². The Morgan fingerprint density at radius 1 is 0.744 bits per heavy atom. The zero-order valence-corrected chi connectivity index (χ0v) is 25.0. The van der Waals surface area contributed by atoms with Crippen molar-refractivity contribution in [3.8, 4) is 17.2 Å². The third kappa shape index (κ3) is 8.81. The van der Waals surface area contributed by atoms with E-state index in [-0.39, 0.29) is 17.7 Å². The lowest BCUT2D eigenvalue weighted by molar-refractivity contribution is -0.143. The Morgan fingerprint density at radius 3 is 1.74 bits per heavy atom. The molecule has 0 spiro atoms. The Balaban J connectivity index is 2.54. The summed E-state index contributed by atoms with van der Waals surface area (Å²) in [6, 6.07) is 8.53. The number of ketones is 1. The highest BCUT2D eigenvalue weighted by Crippen LogP contribution is 2.40. The molecular formula is C33H44O6. The number of aryl methyl sites for hydroxylation is 2. The lowest BCUT2D eigenvalue weighted by Crippen LogP contribution is -2.26. The average Bonchev–Trinajstić information content (AvgIpc) is 2.85. The maximum absolute atomic E-state index is 13.2. The van der Waals surface area contributed by atoms with Crippen molar-refractivity contribution in [1.29, 1.82) is 0 Å². The SMILES string of the molecule is CCCc1cc(CCC)c(OC(=O)C(C)(C)C)c(/C=C/C(=O)c2ccc(OC(=O)C(C)(C)C)cc2)c1OCC. The van der Waals surface area contributed by atoms with Crippen LogP contribution >= 0.6 is 0 Å². The molecule has 6 nitrogen and oxygen atoms in total. The molecule has 0 aliphatic heterocycles. The number of carbonyl (C=O) groups is 3. The quantitative estimate of drug-likeness (QED) is 0.126. The number of ether oxygens (including phenoxy) is 3. The monoisotopic (exact) mass is 536 g/mol. The van der Waals surface area contributed by atoms with Gasteiger partial charge < -0.3 is 14.2 Å². The summed E-state index contributed by atoms with van der Waals surface area (Å²) in [6.07, 6.45) is 6.45. The van der Waals surface area contributed by atoms with E-state index in [1.807, 2.05) is 27.7 Å². The molecule has 0 aromatic heterocycles. The predicted molar refractivity (Wildman–Crippen MR) is 156 cm³/mol. The summed E-state index contributed by atoms with van der Waals surface area (Å²) < 4.78 is 17.5. The molecule has 0 fully saturated rings. The summed E-state index contributed by atoms with van der Waals surface area (Å²) in [4.78, 5) is 38.3. The van der Waals surface area contributed by atoms with Gasteiger partial charge in [-0.15, -0.1) is 0 Å². The van der Waals surface area contributed by atoms with Crippen LogP contribution in [0.2, 0.25) is 0 Å². The first-order valence-electron chi connectivity index (χ1n) is 13.8. The van der Waals surface area contributed by atoms with Crippen LogP contribution in [-0.4, -0.2) is 24.3 Å². The van der Waals surface area contributed by atoms with Gasteiger partial charge in [0.05, 0.1) is 23.0 Å². The van der Waals surface area contributed by atoms with Crippen molar-refractivity contribution >= 4 is 23.8 Å². The van der Waals surface area contributed by atoms with Gasteiger partial charge in [0.1, 0.15) is 17.2 Å². The van der Waals surface area contributed by atoms with E-state index in [1.54, 1.807) is 51.1 Å². The van der Waals surface area contributed by atoms with Crippen LogP contribution in [0.4, 0.5) is 0 Å². The third-order valence-electron chi connectivity index (χ3n) is 5.92. The maximum Gasteiger partial charge on any atom is 0.316 e. The minimum absolute atomic E-state index is 0.239. The Morgan fingerprint density at radius 2 is 1.26 bits per heavy atom. The summed E-state index contributed by atoms with van der Waals surface area (Å²) in [5.74, 6) is 0.501. The Bertz CT molecular complexity index is 1190. The fourth-order valence-corrected chi connectivity index (χ4v) is 3.74. The van der Waals surface area contributed by atoms with E-state index >= 15 is 0 Å². The number of esters is 2. The lowest BCUT2D eigenvalue weighted by atomic mass is 9.94. The minimum Gasteiger partial charge on any atom is -0.493 e. The highest BCUT2D eigenvalue weighted by atomic mass is 16.5. The summed E-state index contributed by atoms with van der Waals surface area (Å²) in [7, 11) is 0. The van der Waals surface area contributed by atoms with Gasteiger partial charge in [-0.3, -0.25) is 14.4 Å². The molecule has 212 valence electrons. The highest BCUT2D eigenvalue weighted by Gasteiger charge is 2.28. The van der Waals surface area contributed by atoms with Gasteiger partial charge in [0.15, 0.2) is 5.78 Å². The van der Waals surface area contributed by atoms with E-state index in [1.165, 1.54) is 6.08 Å². The topological polar surface area (TPSA) is 78.9 Å². The normalized spacial score (nSPS) is 11.9. The smallest absolute Gasteiger partial charge is 0.316 e. The van der Waals surface area contributed by atoms with E-state index in [2.05, 4.69) is 19.9 Å². The Kier molecular flexibility index (Phi) is 11.1. The molecule has 0 saturated heterocycles. The van der Waals surface area contributed by atoms with Gasteiger partial charge >= 0.3 is 11.9 Å². The molecule has 0 atom stereocenters. The van der Waals surface area contributed by atoms with Gasteiger partial charge in [0, 0.05) is 5.56 Å². The fraction of sp³-hybridized carbons (Fsp3) is 0.485. The number of allylic oxidation sites excluding steroid dienone is 1. The molecule has 0 radical (unpaired) electrons. The molecule has 0 unspecified atom stereocenters. The molecule has 6 heteroatoms. The highest BCUT2D eigenvalue weighted by molar-refractivity contribution is 6.07. The molecule has 2 rings (SSSR count). The maximum atomic E-state index is 13.2. The van der Waals surface area contributed by atoms with Crippen LogP contribution in [0.3, 0.4) is 0 Å². The van der Waals surface area contributed by atoms with Crippen molar-refractivity contribution in [2.45, 2.75) is 88.0 Å². The molecular weight excluding hydrogens is 492 g/mol. The second-order valence-electron chi connectivity index (χ2n) is 11.7. The zero-order valence-electron chi connectivity index (χ0n) is 25.0. The molecule has 0 aliphatic carbocycles. The van der Waals surface area contributed by atoms with Gasteiger partial charge in [-0.05, 0) is 115 Å². The number of hydrogen-bond donors (Lipinski definition) is 0. The number of carbonyl (C=O) groups excluding carboxylic acids is 3. The lowest BCUT2D eigenvalue weighted by Gasteiger charge is -2.23. The predicted octanol–water partition coefficient (Wildman–Crippen LogP) is 7.79. The zero-order chi connectivity index (χ0) is 29.4. The first-order valence-corrected chi connectivity index (χ1v) is 13.8. The molecule has 0 saturated carbocycles. The Hall–Kier alpha value is -3.41. The van der Waals surface area contributed by atoms with Crippen molar-refractivity contribution in [3.63, 3.8) is 0 Å². The van der Waals surface area contributed by atoms with Crippen LogP contribution in [0.25, 0.3) is 6.08 Å². The van der Waals surface area contributed by atoms with E-state index in [0.29, 0.717) is 35.0 Å². The van der Waals surface area contributed by atoms with Crippen LogP contribution in [0, 0.1) is 10.8 Å². The van der Waals surface area contributed by atoms with Gasteiger partial charge in [-0.2, -0.15) is 0 Å². The molecule has 0 amide bonds. The van der Waals surface area contributed by atoms with E-state index in [4.69, 9.17) is 14.2 Å².